The normalized spacial score (nSPS) is 29.8. The second kappa shape index (κ2) is 8.71. The molecule has 1 saturated carbocycles. The largest absolute Gasteiger partial charge is 0.394 e. The summed E-state index contributed by atoms with van der Waals surface area (Å²) in [4.78, 5) is 0. The van der Waals surface area contributed by atoms with Gasteiger partial charge in [-0.2, -0.15) is 0 Å². The Morgan fingerprint density at radius 3 is 2.88 bits per heavy atom. The first kappa shape index (κ1) is 19.6. The van der Waals surface area contributed by atoms with Gasteiger partial charge in [-0.05, 0) is 85.8 Å². The molecule has 1 aromatic rings. The Morgan fingerprint density at radius 2 is 2.15 bits per heavy atom. The van der Waals surface area contributed by atoms with Gasteiger partial charge in [0.05, 0.1) is 6.61 Å². The van der Waals surface area contributed by atoms with Crippen molar-refractivity contribution in [2.75, 3.05) is 6.61 Å². The van der Waals surface area contributed by atoms with Crippen LogP contribution in [0.5, 0.6) is 0 Å². The van der Waals surface area contributed by atoms with Crippen LogP contribution in [0.15, 0.2) is 30.4 Å². The minimum Gasteiger partial charge on any atom is -0.394 e. The van der Waals surface area contributed by atoms with Gasteiger partial charge in [0.15, 0.2) is 0 Å². The zero-order chi connectivity index (χ0) is 18.6. The maximum atomic E-state index is 9.51. The lowest BCUT2D eigenvalue weighted by Gasteiger charge is -2.25. The fourth-order valence-electron chi connectivity index (χ4n) is 4.68. The lowest BCUT2D eigenvalue weighted by Crippen LogP contribution is -2.40. The highest BCUT2D eigenvalue weighted by atomic mass is 16.3. The topological polar surface area (TPSA) is 46.2 Å². The molecule has 0 saturated heterocycles. The summed E-state index contributed by atoms with van der Waals surface area (Å²) >= 11 is 0. The third-order valence-corrected chi connectivity index (χ3v) is 6.86. The van der Waals surface area contributed by atoms with E-state index >= 15 is 0 Å². The molecule has 1 aromatic carbocycles. The number of hydrogen-bond acceptors (Lipinski definition) is 2. The molecule has 0 aliphatic heterocycles. The highest BCUT2D eigenvalue weighted by Gasteiger charge is 2.36. The predicted octanol–water partition coefficient (Wildman–Crippen LogP) is 5.13. The summed E-state index contributed by atoms with van der Waals surface area (Å²) in [5, 5.41) is 9.51. The quantitative estimate of drug-likeness (QED) is 0.666. The van der Waals surface area contributed by atoms with Gasteiger partial charge in [-0.25, -0.2) is 0 Å². The average Bonchev–Trinajstić information content (AvgIpc) is 3.07. The van der Waals surface area contributed by atoms with Gasteiger partial charge in [-0.3, -0.25) is 0 Å². The second-order valence-corrected chi connectivity index (χ2v) is 9.01. The van der Waals surface area contributed by atoms with Crippen molar-refractivity contribution in [3.05, 3.63) is 47.0 Å². The Kier molecular flexibility index (Phi) is 6.58. The van der Waals surface area contributed by atoms with E-state index in [9.17, 15) is 5.11 Å². The number of aryl methyl sites for hydroxylation is 1. The highest BCUT2D eigenvalue weighted by molar-refractivity contribution is 5.37. The Bertz CT molecular complexity index is 623. The molecule has 0 heterocycles. The van der Waals surface area contributed by atoms with Crippen molar-refractivity contribution in [3.63, 3.8) is 0 Å². The number of hydrogen-bond donors (Lipinski definition) is 2. The minimum atomic E-state index is -0.355. The molecule has 1 fully saturated rings. The lowest BCUT2D eigenvalue weighted by molar-refractivity contribution is 0.198. The molecule has 1 unspecified atom stereocenters. The summed E-state index contributed by atoms with van der Waals surface area (Å²) in [6, 6.07) is 7.12. The molecule has 0 spiro atoms. The SMILES string of the molecule is CCC(C)CC/C=C/[C@@H]1CCc2cc([C@H]3CC[C@](N)(CO)C3)ccc2C1. The van der Waals surface area contributed by atoms with Crippen LogP contribution in [0.3, 0.4) is 0 Å². The Morgan fingerprint density at radius 1 is 1.31 bits per heavy atom. The van der Waals surface area contributed by atoms with Crippen LogP contribution in [0.2, 0.25) is 0 Å². The zero-order valence-electron chi connectivity index (χ0n) is 16.7. The summed E-state index contributed by atoms with van der Waals surface area (Å²) in [7, 11) is 0. The van der Waals surface area contributed by atoms with Crippen LogP contribution >= 0.6 is 0 Å². The third-order valence-electron chi connectivity index (χ3n) is 6.86. The number of aliphatic hydroxyl groups excluding tert-OH is 1. The van der Waals surface area contributed by atoms with Crippen LogP contribution in [0.1, 0.15) is 81.4 Å². The van der Waals surface area contributed by atoms with Gasteiger partial charge in [0, 0.05) is 5.54 Å². The van der Waals surface area contributed by atoms with Crippen LogP contribution in [-0.4, -0.2) is 17.3 Å². The average molecular weight is 356 g/mol. The first-order chi connectivity index (χ1) is 12.5. The first-order valence-electron chi connectivity index (χ1n) is 10.7. The fraction of sp³-hybridized carbons (Fsp3) is 0.667. The molecule has 0 amide bonds. The van der Waals surface area contributed by atoms with Gasteiger partial charge in [-0.1, -0.05) is 50.6 Å². The summed E-state index contributed by atoms with van der Waals surface area (Å²) in [6.45, 7) is 4.74. The van der Waals surface area contributed by atoms with Crippen LogP contribution in [0.4, 0.5) is 0 Å². The van der Waals surface area contributed by atoms with Crippen molar-refractivity contribution in [3.8, 4) is 0 Å². The number of rotatable bonds is 7. The zero-order valence-corrected chi connectivity index (χ0v) is 16.7. The fourth-order valence-corrected chi connectivity index (χ4v) is 4.68. The van der Waals surface area contributed by atoms with Gasteiger partial charge in [0.2, 0.25) is 0 Å². The third kappa shape index (κ3) is 4.78. The van der Waals surface area contributed by atoms with Gasteiger partial charge in [0.1, 0.15) is 0 Å². The molecule has 2 aliphatic rings. The minimum absolute atomic E-state index is 0.111. The molecule has 0 radical (unpaired) electrons. The standard InChI is InChI=1S/C24H37NO/c1-3-18(2)6-4-5-7-19-8-9-21-15-22(11-10-20(21)14-19)23-12-13-24(25,16-23)17-26/h5,7,10-11,15,18-19,23,26H,3-4,6,8-9,12-14,16-17,25H2,1-2H3/b7-5+/t18?,19-,23+,24-/m1/s1. The number of aliphatic hydroxyl groups is 1. The van der Waals surface area contributed by atoms with E-state index in [1.54, 1.807) is 5.56 Å². The number of fused-ring (bicyclic) bond motifs is 1. The summed E-state index contributed by atoms with van der Waals surface area (Å²) in [5.41, 5.74) is 10.4. The molecule has 0 bridgehead atoms. The molecular formula is C24H37NO. The molecule has 2 aliphatic carbocycles. The van der Waals surface area contributed by atoms with E-state index in [1.807, 2.05) is 0 Å². The van der Waals surface area contributed by atoms with E-state index in [4.69, 9.17) is 5.73 Å². The van der Waals surface area contributed by atoms with Crippen molar-refractivity contribution in [1.29, 1.82) is 0 Å². The molecule has 3 rings (SSSR count). The van der Waals surface area contributed by atoms with Crippen molar-refractivity contribution < 1.29 is 5.11 Å². The van der Waals surface area contributed by atoms with Gasteiger partial charge < -0.3 is 10.8 Å². The Hall–Kier alpha value is -1.12. The van der Waals surface area contributed by atoms with Crippen molar-refractivity contribution in [1.82, 2.24) is 0 Å². The van der Waals surface area contributed by atoms with Crippen molar-refractivity contribution >= 4 is 0 Å². The Labute approximate surface area is 159 Å². The second-order valence-electron chi connectivity index (χ2n) is 9.01. The molecule has 144 valence electrons. The van der Waals surface area contributed by atoms with E-state index in [-0.39, 0.29) is 12.1 Å². The van der Waals surface area contributed by atoms with Gasteiger partial charge in [-0.15, -0.1) is 0 Å². The Balaban J connectivity index is 1.57. The van der Waals surface area contributed by atoms with Crippen LogP contribution < -0.4 is 5.73 Å². The molecule has 3 N–H and O–H groups in total. The number of allylic oxidation sites excluding steroid dienone is 2. The summed E-state index contributed by atoms with van der Waals surface area (Å²) in [5.74, 6) is 2.08. The number of benzene rings is 1. The van der Waals surface area contributed by atoms with E-state index in [0.717, 1.165) is 25.2 Å². The predicted molar refractivity (Wildman–Crippen MR) is 110 cm³/mol. The molecular weight excluding hydrogens is 318 g/mol. The smallest absolute Gasteiger partial charge is 0.0611 e. The van der Waals surface area contributed by atoms with Crippen LogP contribution in [0, 0.1) is 11.8 Å². The van der Waals surface area contributed by atoms with Crippen molar-refractivity contribution in [2.45, 2.75) is 83.1 Å². The highest BCUT2D eigenvalue weighted by Crippen LogP contribution is 2.40. The van der Waals surface area contributed by atoms with Crippen LogP contribution in [0.25, 0.3) is 0 Å². The molecule has 26 heavy (non-hydrogen) atoms. The van der Waals surface area contributed by atoms with E-state index in [1.165, 1.54) is 49.7 Å². The lowest BCUT2D eigenvalue weighted by atomic mass is 9.81. The summed E-state index contributed by atoms with van der Waals surface area (Å²) < 4.78 is 0. The van der Waals surface area contributed by atoms with Crippen LogP contribution in [-0.2, 0) is 12.8 Å². The maximum Gasteiger partial charge on any atom is 0.0611 e. The summed E-state index contributed by atoms with van der Waals surface area (Å²) in [6.07, 6.45) is 15.4. The van der Waals surface area contributed by atoms with E-state index in [0.29, 0.717) is 11.8 Å². The molecule has 2 nitrogen and oxygen atoms in total. The number of nitrogens with two attached hydrogens (primary N) is 1. The van der Waals surface area contributed by atoms with Crippen molar-refractivity contribution in [2.24, 2.45) is 17.6 Å². The molecule has 2 heteroatoms. The monoisotopic (exact) mass is 355 g/mol. The van der Waals surface area contributed by atoms with E-state index < -0.39 is 0 Å². The molecule has 4 atom stereocenters. The van der Waals surface area contributed by atoms with Gasteiger partial charge in [0.25, 0.3) is 0 Å². The van der Waals surface area contributed by atoms with E-state index in [2.05, 4.69) is 44.2 Å². The van der Waals surface area contributed by atoms with Gasteiger partial charge >= 0.3 is 0 Å². The first-order valence-corrected chi connectivity index (χ1v) is 10.7. The maximum absolute atomic E-state index is 9.51. The molecule has 0 aromatic heterocycles.